The van der Waals surface area contributed by atoms with Crippen molar-refractivity contribution in [2.45, 2.75) is 106 Å². The molecule has 11 atom stereocenters. The van der Waals surface area contributed by atoms with E-state index in [4.69, 9.17) is 16.3 Å². The summed E-state index contributed by atoms with van der Waals surface area (Å²) in [5.74, 6) is 0.295. The molecule has 0 spiro atoms. The Morgan fingerprint density at radius 1 is 0.973 bits per heavy atom. The van der Waals surface area contributed by atoms with Crippen molar-refractivity contribution < 1.29 is 24.2 Å². The highest BCUT2D eigenvalue weighted by Crippen LogP contribution is 2.75. The van der Waals surface area contributed by atoms with Crippen LogP contribution in [0.15, 0.2) is 11.6 Å². The lowest BCUT2D eigenvalue weighted by Crippen LogP contribution is -2.68. The first-order valence-corrected chi connectivity index (χ1v) is 14.8. The number of hydrogen-bond donors (Lipinski definition) is 1. The van der Waals surface area contributed by atoms with Crippen LogP contribution in [-0.2, 0) is 14.3 Å². The van der Waals surface area contributed by atoms with Crippen molar-refractivity contribution in [3.8, 4) is 0 Å². The number of ketones is 1. The Kier molecular flexibility index (Phi) is 6.12. The molecule has 37 heavy (non-hydrogen) atoms. The number of ether oxygens (including phenoxy) is 1. The summed E-state index contributed by atoms with van der Waals surface area (Å²) in [7, 11) is 0. The molecule has 4 fully saturated rings. The fraction of sp³-hybridized carbons (Fsp3) is 0.839. The molecular formula is C31H45ClO5. The molecule has 6 heteroatoms. The molecule has 0 aromatic rings. The van der Waals surface area contributed by atoms with E-state index in [1.165, 1.54) is 24.8 Å². The molecule has 5 aliphatic rings. The number of carbonyl (C=O) groups is 3. The maximum absolute atomic E-state index is 14.4. The first-order chi connectivity index (χ1) is 17.1. The molecule has 0 heterocycles. The number of carbonyl (C=O) groups excluding carboxylic acids is 2. The lowest BCUT2D eigenvalue weighted by molar-refractivity contribution is -0.214. The zero-order valence-corrected chi connectivity index (χ0v) is 24.4. The summed E-state index contributed by atoms with van der Waals surface area (Å²) in [6, 6.07) is 0. The first-order valence-electron chi connectivity index (χ1n) is 14.4. The van der Waals surface area contributed by atoms with Crippen LogP contribution in [0, 0.1) is 56.7 Å². The van der Waals surface area contributed by atoms with Crippen molar-refractivity contribution in [1.82, 2.24) is 0 Å². The van der Waals surface area contributed by atoms with Crippen LogP contribution in [-0.4, -0.2) is 28.4 Å². The molecule has 0 aromatic heterocycles. The molecular weight excluding hydrogens is 488 g/mol. The standard InChI is InChI=1S/C31H45ClO5/c1-17-8-11-27(3)14-15-29(5)19(23(27)18(17)2)16-20(33)24-28(4)12-10-22(37-26(32)36)31(7,25(34)35)21(28)9-13-30(24,29)6/h16-18,21-24H,8-15H2,1-7H3,(H,34,35)/t17-,18+,21?,22-,23?,24?,27-,28+,29-,30-,31-/m1/s1. The van der Waals surface area contributed by atoms with E-state index in [1.54, 1.807) is 6.92 Å². The molecule has 206 valence electrons. The molecule has 4 saturated carbocycles. The second-order valence-corrected chi connectivity index (χ2v) is 15.1. The van der Waals surface area contributed by atoms with Crippen LogP contribution in [0.2, 0.25) is 0 Å². The Balaban J connectivity index is 1.62. The van der Waals surface area contributed by atoms with E-state index in [0.717, 1.165) is 12.8 Å². The topological polar surface area (TPSA) is 80.7 Å². The molecule has 3 unspecified atom stereocenters. The van der Waals surface area contributed by atoms with Crippen LogP contribution >= 0.6 is 11.6 Å². The summed E-state index contributed by atoms with van der Waals surface area (Å²) in [5.41, 5.74) is -1.45. The molecule has 0 radical (unpaired) electrons. The summed E-state index contributed by atoms with van der Waals surface area (Å²) in [5, 5.41) is 10.5. The predicted molar refractivity (Wildman–Crippen MR) is 143 cm³/mol. The van der Waals surface area contributed by atoms with Gasteiger partial charge in [0, 0.05) is 17.5 Å². The van der Waals surface area contributed by atoms with Crippen LogP contribution in [0.1, 0.15) is 99.8 Å². The van der Waals surface area contributed by atoms with Gasteiger partial charge in [0.25, 0.3) is 0 Å². The second kappa shape index (κ2) is 8.32. The van der Waals surface area contributed by atoms with Gasteiger partial charge in [0.05, 0.1) is 0 Å². The first kappa shape index (κ1) is 27.2. The molecule has 5 aliphatic carbocycles. The number of aliphatic carboxylic acids is 1. The van der Waals surface area contributed by atoms with E-state index in [1.807, 2.05) is 6.08 Å². The lowest BCUT2D eigenvalue weighted by atomic mass is 9.33. The molecule has 0 saturated heterocycles. The Bertz CT molecular complexity index is 1070. The van der Waals surface area contributed by atoms with Gasteiger partial charge in [-0.1, -0.05) is 47.1 Å². The Morgan fingerprint density at radius 3 is 2.27 bits per heavy atom. The number of carboxylic acids is 1. The highest BCUT2D eigenvalue weighted by atomic mass is 35.5. The number of halogens is 1. The minimum absolute atomic E-state index is 0.0892. The Morgan fingerprint density at radius 2 is 1.65 bits per heavy atom. The number of hydrogen-bond acceptors (Lipinski definition) is 4. The molecule has 5 rings (SSSR count). The van der Waals surface area contributed by atoms with Crippen molar-refractivity contribution in [3.63, 3.8) is 0 Å². The van der Waals surface area contributed by atoms with E-state index >= 15 is 0 Å². The Hall–Kier alpha value is -1.36. The SMILES string of the molecule is C[C@@H]1CC[C@]2(C)CC[C@]3(C)C(=CC(=O)C4[C@@]5(C)CC[C@@H](OC(=O)Cl)[C@](C)(C(=O)O)C5CC[C@]43C)C2[C@H]1C. The van der Waals surface area contributed by atoms with Gasteiger partial charge in [-0.25, -0.2) is 4.79 Å². The van der Waals surface area contributed by atoms with Gasteiger partial charge in [-0.15, -0.1) is 0 Å². The van der Waals surface area contributed by atoms with Crippen LogP contribution in [0.5, 0.6) is 0 Å². The van der Waals surface area contributed by atoms with Gasteiger partial charge in [0.2, 0.25) is 0 Å². The van der Waals surface area contributed by atoms with E-state index in [-0.39, 0.29) is 33.9 Å². The maximum Gasteiger partial charge on any atom is 0.404 e. The quantitative estimate of drug-likeness (QED) is 0.369. The van der Waals surface area contributed by atoms with Gasteiger partial charge < -0.3 is 9.84 Å². The van der Waals surface area contributed by atoms with Crippen molar-refractivity contribution >= 4 is 28.8 Å². The second-order valence-electron chi connectivity index (χ2n) is 14.8. The molecule has 0 bridgehead atoms. The van der Waals surface area contributed by atoms with Gasteiger partial charge >= 0.3 is 11.4 Å². The number of fused-ring (bicyclic) bond motifs is 7. The average molecular weight is 533 g/mol. The third-order valence-corrected chi connectivity index (χ3v) is 13.5. The van der Waals surface area contributed by atoms with Crippen molar-refractivity contribution in [1.29, 1.82) is 0 Å². The highest BCUT2D eigenvalue weighted by molar-refractivity contribution is 6.61. The van der Waals surface area contributed by atoms with Gasteiger partial charge in [0.15, 0.2) is 5.78 Å². The zero-order valence-electron chi connectivity index (χ0n) is 23.7. The lowest BCUT2D eigenvalue weighted by Gasteiger charge is -2.70. The van der Waals surface area contributed by atoms with E-state index in [2.05, 4.69) is 41.5 Å². The minimum Gasteiger partial charge on any atom is -0.481 e. The molecule has 1 N–H and O–H groups in total. The van der Waals surface area contributed by atoms with E-state index in [0.29, 0.717) is 37.0 Å². The summed E-state index contributed by atoms with van der Waals surface area (Å²) >= 11 is 5.58. The van der Waals surface area contributed by atoms with E-state index < -0.39 is 28.3 Å². The fourth-order valence-electron chi connectivity index (χ4n) is 10.9. The molecule has 0 aromatic carbocycles. The van der Waals surface area contributed by atoms with Crippen LogP contribution in [0.4, 0.5) is 4.79 Å². The van der Waals surface area contributed by atoms with Crippen molar-refractivity contribution in [2.24, 2.45) is 56.7 Å². The number of allylic oxidation sites excluding steroid dienone is 2. The monoisotopic (exact) mass is 532 g/mol. The fourth-order valence-corrected chi connectivity index (χ4v) is 11.0. The van der Waals surface area contributed by atoms with Crippen LogP contribution in [0.25, 0.3) is 0 Å². The zero-order chi connectivity index (χ0) is 27.3. The normalized spacial score (nSPS) is 53.1. The summed E-state index contributed by atoms with van der Waals surface area (Å²) in [6.07, 6.45) is 8.54. The maximum atomic E-state index is 14.4. The van der Waals surface area contributed by atoms with Gasteiger partial charge in [-0.3, -0.25) is 9.59 Å². The van der Waals surface area contributed by atoms with Crippen molar-refractivity contribution in [3.05, 3.63) is 11.6 Å². The highest BCUT2D eigenvalue weighted by Gasteiger charge is 2.72. The largest absolute Gasteiger partial charge is 0.481 e. The molecule has 5 nitrogen and oxygen atoms in total. The molecule has 0 aliphatic heterocycles. The third-order valence-electron chi connectivity index (χ3n) is 13.4. The van der Waals surface area contributed by atoms with Gasteiger partial charge in [-0.05, 0) is 110 Å². The van der Waals surface area contributed by atoms with Gasteiger partial charge in [0.1, 0.15) is 11.5 Å². The predicted octanol–water partition coefficient (Wildman–Crippen LogP) is 7.65. The van der Waals surface area contributed by atoms with Crippen LogP contribution < -0.4 is 0 Å². The number of carboxylic acid groups (broad SMARTS) is 1. The summed E-state index contributed by atoms with van der Waals surface area (Å²) in [6.45, 7) is 15.8. The third kappa shape index (κ3) is 3.37. The Labute approximate surface area is 227 Å². The average Bonchev–Trinajstić information content (AvgIpc) is 2.79. The van der Waals surface area contributed by atoms with E-state index in [9.17, 15) is 19.5 Å². The van der Waals surface area contributed by atoms with Gasteiger partial charge in [-0.2, -0.15) is 0 Å². The number of rotatable bonds is 2. The summed E-state index contributed by atoms with van der Waals surface area (Å²) < 4.78 is 5.40. The molecule has 0 amide bonds. The summed E-state index contributed by atoms with van der Waals surface area (Å²) in [4.78, 5) is 38.8. The minimum atomic E-state index is -1.29. The van der Waals surface area contributed by atoms with Crippen molar-refractivity contribution in [2.75, 3.05) is 0 Å². The smallest absolute Gasteiger partial charge is 0.404 e. The van der Waals surface area contributed by atoms with Crippen LogP contribution in [0.3, 0.4) is 0 Å².